The molecule has 148 valence electrons. The van der Waals surface area contributed by atoms with Gasteiger partial charge in [0.25, 0.3) is 5.91 Å². The van der Waals surface area contributed by atoms with E-state index in [1.54, 1.807) is 0 Å². The van der Waals surface area contributed by atoms with Gasteiger partial charge in [0.1, 0.15) is 0 Å². The molecule has 1 heterocycles. The van der Waals surface area contributed by atoms with Crippen LogP contribution in [0.3, 0.4) is 0 Å². The third-order valence-electron chi connectivity index (χ3n) is 6.87. The van der Waals surface area contributed by atoms with Crippen molar-refractivity contribution in [3.8, 4) is 0 Å². The van der Waals surface area contributed by atoms with E-state index in [-0.39, 0.29) is 30.2 Å². The van der Waals surface area contributed by atoms with Gasteiger partial charge < -0.3 is 10.1 Å². The first-order chi connectivity index (χ1) is 12.9. The zero-order valence-electron chi connectivity index (χ0n) is 15.7. The van der Waals surface area contributed by atoms with Crippen molar-refractivity contribution in [2.24, 2.45) is 23.2 Å². The number of nitrogens with one attached hydrogen (secondary N) is 1. The molecule has 1 N–H and O–H groups in total. The van der Waals surface area contributed by atoms with Gasteiger partial charge in [-0.15, -0.1) is 0 Å². The van der Waals surface area contributed by atoms with E-state index in [1.807, 2.05) is 0 Å². The standard InChI is InChI=1S/C20H28N2O5/c23-16-2-1-5-22(16)17(24)12-27-18(25)3-4-21-19(26)20-9-13-6-14(10-20)8-15(7-13)11-20/h13-15H,1-12H2,(H,21,26). The van der Waals surface area contributed by atoms with Crippen molar-refractivity contribution in [3.05, 3.63) is 0 Å². The van der Waals surface area contributed by atoms with Gasteiger partial charge in [0.2, 0.25) is 11.8 Å². The van der Waals surface area contributed by atoms with Crippen LogP contribution < -0.4 is 5.32 Å². The van der Waals surface area contributed by atoms with E-state index in [4.69, 9.17) is 4.74 Å². The number of rotatable bonds is 6. The zero-order valence-corrected chi connectivity index (χ0v) is 15.7. The number of ether oxygens (including phenoxy) is 1. The average molecular weight is 376 g/mol. The van der Waals surface area contributed by atoms with Gasteiger partial charge in [-0.3, -0.25) is 24.1 Å². The lowest BCUT2D eigenvalue weighted by atomic mass is 9.49. The maximum atomic E-state index is 12.8. The minimum Gasteiger partial charge on any atom is -0.455 e. The van der Waals surface area contributed by atoms with Crippen molar-refractivity contribution >= 4 is 23.7 Å². The second-order valence-corrected chi connectivity index (χ2v) is 8.91. The summed E-state index contributed by atoms with van der Waals surface area (Å²) in [6.07, 6.45) is 7.91. The fourth-order valence-electron chi connectivity index (χ4n) is 6.06. The molecule has 4 saturated carbocycles. The smallest absolute Gasteiger partial charge is 0.308 e. The fourth-order valence-corrected chi connectivity index (χ4v) is 6.06. The number of amides is 3. The van der Waals surface area contributed by atoms with Gasteiger partial charge in [-0.2, -0.15) is 0 Å². The van der Waals surface area contributed by atoms with Crippen LogP contribution in [0.1, 0.15) is 57.8 Å². The quantitative estimate of drug-likeness (QED) is 0.708. The van der Waals surface area contributed by atoms with Crippen LogP contribution in [0.25, 0.3) is 0 Å². The summed E-state index contributed by atoms with van der Waals surface area (Å²) in [6, 6.07) is 0. The van der Waals surface area contributed by atoms with Crippen LogP contribution in [0.5, 0.6) is 0 Å². The normalized spacial score (nSPS) is 34.0. The topological polar surface area (TPSA) is 92.8 Å². The molecule has 27 heavy (non-hydrogen) atoms. The highest BCUT2D eigenvalue weighted by molar-refractivity contribution is 5.97. The molecule has 0 aromatic carbocycles. The average Bonchev–Trinajstić information content (AvgIpc) is 3.04. The molecule has 7 heteroatoms. The Labute approximate surface area is 159 Å². The van der Waals surface area contributed by atoms with Gasteiger partial charge in [0.05, 0.1) is 6.42 Å². The summed E-state index contributed by atoms with van der Waals surface area (Å²) in [5.41, 5.74) is -0.218. The number of carbonyl (C=O) groups is 4. The monoisotopic (exact) mass is 376 g/mol. The van der Waals surface area contributed by atoms with E-state index in [9.17, 15) is 19.2 Å². The molecule has 0 aromatic heterocycles. The number of hydrogen-bond acceptors (Lipinski definition) is 5. The predicted octanol–water partition coefficient (Wildman–Crippen LogP) is 1.40. The number of hydrogen-bond donors (Lipinski definition) is 1. The molecule has 1 saturated heterocycles. The molecule has 0 spiro atoms. The van der Waals surface area contributed by atoms with Gasteiger partial charge in [-0.05, 0) is 62.7 Å². The Morgan fingerprint density at radius 3 is 2.26 bits per heavy atom. The highest BCUT2D eigenvalue weighted by Crippen LogP contribution is 2.60. The zero-order chi connectivity index (χ0) is 19.0. The summed E-state index contributed by atoms with van der Waals surface area (Å²) in [5.74, 6) is 0.986. The van der Waals surface area contributed by atoms with Crippen LogP contribution in [0.4, 0.5) is 0 Å². The number of likely N-dealkylation sites (tertiary alicyclic amines) is 1. The second-order valence-electron chi connectivity index (χ2n) is 8.91. The fraction of sp³-hybridized carbons (Fsp3) is 0.800. The summed E-state index contributed by atoms with van der Waals surface area (Å²) in [6.45, 7) is 0.222. The third-order valence-corrected chi connectivity index (χ3v) is 6.87. The molecule has 3 amide bonds. The van der Waals surface area contributed by atoms with Crippen LogP contribution in [-0.2, 0) is 23.9 Å². The molecule has 4 bridgehead atoms. The van der Waals surface area contributed by atoms with Crippen molar-refractivity contribution in [1.82, 2.24) is 10.2 Å². The van der Waals surface area contributed by atoms with Gasteiger partial charge in [-0.25, -0.2) is 0 Å². The van der Waals surface area contributed by atoms with E-state index in [2.05, 4.69) is 5.32 Å². The number of imide groups is 1. The molecule has 7 nitrogen and oxygen atoms in total. The molecule has 0 atom stereocenters. The second kappa shape index (κ2) is 7.24. The number of esters is 1. The predicted molar refractivity (Wildman–Crippen MR) is 95.1 cm³/mol. The molecule has 0 radical (unpaired) electrons. The highest BCUT2D eigenvalue weighted by Gasteiger charge is 2.54. The van der Waals surface area contributed by atoms with Crippen LogP contribution >= 0.6 is 0 Å². The van der Waals surface area contributed by atoms with E-state index >= 15 is 0 Å². The van der Waals surface area contributed by atoms with Crippen LogP contribution in [0.15, 0.2) is 0 Å². The van der Waals surface area contributed by atoms with Crippen molar-refractivity contribution in [1.29, 1.82) is 0 Å². The summed E-state index contributed by atoms with van der Waals surface area (Å²) in [5, 5.41) is 2.93. The molecule has 4 aliphatic carbocycles. The van der Waals surface area contributed by atoms with E-state index in [1.165, 1.54) is 19.3 Å². The molecule has 5 aliphatic rings. The summed E-state index contributed by atoms with van der Waals surface area (Å²) < 4.78 is 4.96. The Morgan fingerprint density at radius 2 is 1.70 bits per heavy atom. The van der Waals surface area contributed by atoms with E-state index in [0.717, 1.165) is 24.2 Å². The van der Waals surface area contributed by atoms with Gasteiger partial charge >= 0.3 is 5.97 Å². The Morgan fingerprint density at radius 1 is 1.07 bits per heavy atom. The largest absolute Gasteiger partial charge is 0.455 e. The molecule has 1 aliphatic heterocycles. The van der Waals surface area contributed by atoms with Gasteiger partial charge in [0, 0.05) is 24.9 Å². The van der Waals surface area contributed by atoms with Crippen molar-refractivity contribution in [2.75, 3.05) is 19.7 Å². The molecular formula is C20H28N2O5. The van der Waals surface area contributed by atoms with Crippen molar-refractivity contribution in [2.45, 2.75) is 57.8 Å². The SMILES string of the molecule is O=C(CCNC(=O)C12CC3CC(CC(C3)C1)C2)OCC(=O)N1CCCC1=O. The molecule has 5 rings (SSSR count). The van der Waals surface area contributed by atoms with Crippen LogP contribution in [0, 0.1) is 23.2 Å². The maximum absolute atomic E-state index is 12.8. The summed E-state index contributed by atoms with van der Waals surface area (Å²) in [7, 11) is 0. The van der Waals surface area contributed by atoms with E-state index in [0.29, 0.717) is 37.1 Å². The number of nitrogens with zero attached hydrogens (tertiary/aromatic N) is 1. The third kappa shape index (κ3) is 3.73. The maximum Gasteiger partial charge on any atom is 0.308 e. The van der Waals surface area contributed by atoms with E-state index < -0.39 is 18.5 Å². The minimum atomic E-state index is -0.527. The van der Waals surface area contributed by atoms with Crippen LogP contribution in [0.2, 0.25) is 0 Å². The minimum absolute atomic E-state index is 0.0410. The Kier molecular flexibility index (Phi) is 4.95. The molecular weight excluding hydrogens is 348 g/mol. The Balaban J connectivity index is 1.18. The molecule has 0 unspecified atom stereocenters. The highest BCUT2D eigenvalue weighted by atomic mass is 16.5. The lowest BCUT2D eigenvalue weighted by molar-refractivity contribution is -0.155. The molecule has 0 aromatic rings. The van der Waals surface area contributed by atoms with Crippen molar-refractivity contribution in [3.63, 3.8) is 0 Å². The first kappa shape index (κ1) is 18.4. The van der Waals surface area contributed by atoms with Crippen molar-refractivity contribution < 1.29 is 23.9 Å². The lowest BCUT2D eigenvalue weighted by Gasteiger charge is -2.55. The number of carbonyl (C=O) groups excluding carboxylic acids is 4. The lowest BCUT2D eigenvalue weighted by Crippen LogP contribution is -2.53. The summed E-state index contributed by atoms with van der Waals surface area (Å²) in [4.78, 5) is 49.1. The first-order valence-corrected chi connectivity index (χ1v) is 10.2. The van der Waals surface area contributed by atoms with Gasteiger partial charge in [-0.1, -0.05) is 0 Å². The Hall–Kier alpha value is -1.92. The van der Waals surface area contributed by atoms with Gasteiger partial charge in [0.15, 0.2) is 6.61 Å². The molecule has 5 fully saturated rings. The van der Waals surface area contributed by atoms with Crippen LogP contribution in [-0.4, -0.2) is 48.3 Å². The summed E-state index contributed by atoms with van der Waals surface area (Å²) >= 11 is 0. The first-order valence-electron chi connectivity index (χ1n) is 10.2. The Bertz CT molecular complexity index is 623.